The van der Waals surface area contributed by atoms with E-state index in [0.29, 0.717) is 0 Å². The molecule has 1 fully saturated rings. The van der Waals surface area contributed by atoms with Gasteiger partial charge in [-0.05, 0) is 5.92 Å². The first-order valence-electron chi connectivity index (χ1n) is 4.36. The number of aliphatic hydroxyl groups excluding tert-OH is 1. The Kier molecular flexibility index (Phi) is 3.03. The fourth-order valence-corrected chi connectivity index (χ4v) is 1.56. The van der Waals surface area contributed by atoms with Crippen molar-refractivity contribution in [2.45, 2.75) is 26.4 Å². The van der Waals surface area contributed by atoms with Crippen LogP contribution in [0.4, 0.5) is 0 Å². The van der Waals surface area contributed by atoms with Gasteiger partial charge >= 0.3 is 5.97 Å². The molecule has 13 heavy (non-hydrogen) atoms. The lowest BCUT2D eigenvalue weighted by atomic mass is 9.97. The molecule has 0 aromatic rings. The van der Waals surface area contributed by atoms with E-state index in [2.05, 4.69) is 0 Å². The number of hydrogen-bond donors (Lipinski definition) is 1. The van der Waals surface area contributed by atoms with Crippen LogP contribution in [0.25, 0.3) is 0 Å². The standard InChI is InChI=1S/C9H14O4/c1-5-7(4-13-6(2)10)9(12)3-8(5)11/h5,7-8,11H,3-4H2,1-2H3/t5-,7-,8+/m0/s1. The van der Waals surface area contributed by atoms with E-state index < -0.39 is 6.10 Å². The molecular weight excluding hydrogens is 172 g/mol. The smallest absolute Gasteiger partial charge is 0.302 e. The molecule has 74 valence electrons. The Morgan fingerprint density at radius 1 is 1.69 bits per heavy atom. The van der Waals surface area contributed by atoms with Crippen molar-refractivity contribution in [2.24, 2.45) is 11.8 Å². The van der Waals surface area contributed by atoms with Crippen molar-refractivity contribution >= 4 is 11.8 Å². The molecule has 3 atom stereocenters. The van der Waals surface area contributed by atoms with Gasteiger partial charge in [-0.2, -0.15) is 0 Å². The fraction of sp³-hybridized carbons (Fsp3) is 0.778. The summed E-state index contributed by atoms with van der Waals surface area (Å²) < 4.78 is 4.74. The first kappa shape index (κ1) is 10.2. The lowest BCUT2D eigenvalue weighted by Gasteiger charge is -2.14. The second-order valence-electron chi connectivity index (χ2n) is 3.51. The van der Waals surface area contributed by atoms with Crippen molar-refractivity contribution in [2.75, 3.05) is 6.61 Å². The van der Waals surface area contributed by atoms with E-state index in [1.165, 1.54) is 6.92 Å². The summed E-state index contributed by atoms with van der Waals surface area (Å²) in [5.74, 6) is -0.826. The van der Waals surface area contributed by atoms with Gasteiger partial charge in [0.25, 0.3) is 0 Å². The molecule has 4 nitrogen and oxygen atoms in total. The molecule has 1 saturated carbocycles. The largest absolute Gasteiger partial charge is 0.465 e. The van der Waals surface area contributed by atoms with Crippen LogP contribution in [0.15, 0.2) is 0 Å². The van der Waals surface area contributed by atoms with Gasteiger partial charge in [0.15, 0.2) is 0 Å². The van der Waals surface area contributed by atoms with Crippen LogP contribution in [0.5, 0.6) is 0 Å². The Bertz CT molecular complexity index is 224. The van der Waals surface area contributed by atoms with E-state index in [0.717, 1.165) is 0 Å². The van der Waals surface area contributed by atoms with Crippen molar-refractivity contribution in [1.29, 1.82) is 0 Å². The number of rotatable bonds is 2. The van der Waals surface area contributed by atoms with Gasteiger partial charge < -0.3 is 9.84 Å². The van der Waals surface area contributed by atoms with E-state index in [9.17, 15) is 14.7 Å². The molecule has 1 aliphatic carbocycles. The number of esters is 1. The van der Waals surface area contributed by atoms with Crippen molar-refractivity contribution in [3.63, 3.8) is 0 Å². The normalized spacial score (nSPS) is 33.5. The molecule has 0 saturated heterocycles. The predicted molar refractivity (Wildman–Crippen MR) is 44.9 cm³/mol. The average molecular weight is 186 g/mol. The highest BCUT2D eigenvalue weighted by Gasteiger charge is 2.39. The SMILES string of the molecule is CC(=O)OC[C@@H]1C(=O)C[C@@H](O)[C@H]1C. The van der Waals surface area contributed by atoms with Gasteiger partial charge in [-0.1, -0.05) is 6.92 Å². The van der Waals surface area contributed by atoms with Gasteiger partial charge in [0.2, 0.25) is 0 Å². The van der Waals surface area contributed by atoms with E-state index in [1.807, 2.05) is 0 Å². The van der Waals surface area contributed by atoms with Gasteiger partial charge in [-0.15, -0.1) is 0 Å². The Morgan fingerprint density at radius 2 is 2.31 bits per heavy atom. The van der Waals surface area contributed by atoms with Crippen LogP contribution < -0.4 is 0 Å². The number of ether oxygens (including phenoxy) is 1. The number of Topliss-reactive ketones (excluding diaryl/α,β-unsaturated/α-hetero) is 1. The number of aliphatic hydroxyl groups is 1. The van der Waals surface area contributed by atoms with Gasteiger partial charge in [-0.25, -0.2) is 0 Å². The van der Waals surface area contributed by atoms with Crippen LogP contribution >= 0.6 is 0 Å². The molecule has 0 amide bonds. The maximum absolute atomic E-state index is 11.3. The second-order valence-corrected chi connectivity index (χ2v) is 3.51. The van der Waals surface area contributed by atoms with Crippen LogP contribution in [0, 0.1) is 11.8 Å². The Balaban J connectivity index is 2.49. The number of hydrogen-bond acceptors (Lipinski definition) is 4. The summed E-state index contributed by atoms with van der Waals surface area (Å²) in [7, 11) is 0. The number of carbonyl (C=O) groups is 2. The molecule has 0 unspecified atom stereocenters. The zero-order valence-electron chi connectivity index (χ0n) is 7.82. The predicted octanol–water partition coefficient (Wildman–Crippen LogP) is 0.135. The zero-order chi connectivity index (χ0) is 10.0. The summed E-state index contributed by atoms with van der Waals surface area (Å²) in [5, 5.41) is 9.34. The van der Waals surface area contributed by atoms with Gasteiger partial charge in [0, 0.05) is 13.3 Å². The third-order valence-electron chi connectivity index (χ3n) is 2.53. The monoisotopic (exact) mass is 186 g/mol. The summed E-state index contributed by atoms with van der Waals surface area (Å²) >= 11 is 0. The molecule has 0 aliphatic heterocycles. The molecule has 4 heteroatoms. The maximum Gasteiger partial charge on any atom is 0.302 e. The molecular formula is C9H14O4. The lowest BCUT2D eigenvalue weighted by Crippen LogP contribution is -2.23. The van der Waals surface area contributed by atoms with Crippen LogP contribution in [-0.2, 0) is 14.3 Å². The molecule has 0 heterocycles. The molecule has 0 spiro atoms. The van der Waals surface area contributed by atoms with Gasteiger partial charge in [0.1, 0.15) is 12.4 Å². The first-order chi connectivity index (χ1) is 6.02. The summed E-state index contributed by atoms with van der Waals surface area (Å²) in [5.41, 5.74) is 0. The van der Waals surface area contributed by atoms with E-state index >= 15 is 0 Å². The summed E-state index contributed by atoms with van der Waals surface area (Å²) in [6, 6.07) is 0. The second kappa shape index (κ2) is 3.87. The number of carbonyl (C=O) groups excluding carboxylic acids is 2. The third-order valence-corrected chi connectivity index (χ3v) is 2.53. The Labute approximate surface area is 76.9 Å². The van der Waals surface area contributed by atoms with Crippen LogP contribution in [0.1, 0.15) is 20.3 Å². The van der Waals surface area contributed by atoms with E-state index in [-0.39, 0.29) is 36.6 Å². The zero-order valence-corrected chi connectivity index (χ0v) is 7.82. The molecule has 0 aromatic carbocycles. The Morgan fingerprint density at radius 3 is 2.69 bits per heavy atom. The van der Waals surface area contributed by atoms with Gasteiger partial charge in [0.05, 0.1) is 12.0 Å². The maximum atomic E-state index is 11.3. The average Bonchev–Trinajstić information content (AvgIpc) is 2.24. The van der Waals surface area contributed by atoms with Crippen molar-refractivity contribution < 1.29 is 19.4 Å². The summed E-state index contributed by atoms with van der Waals surface area (Å²) in [6.45, 7) is 3.21. The van der Waals surface area contributed by atoms with Crippen molar-refractivity contribution in [1.82, 2.24) is 0 Å². The lowest BCUT2D eigenvalue weighted by molar-refractivity contribution is -0.143. The van der Waals surface area contributed by atoms with Crippen LogP contribution in [-0.4, -0.2) is 29.6 Å². The van der Waals surface area contributed by atoms with Crippen molar-refractivity contribution in [3.8, 4) is 0 Å². The van der Waals surface area contributed by atoms with E-state index in [1.54, 1.807) is 6.92 Å². The molecule has 1 N–H and O–H groups in total. The molecule has 0 bridgehead atoms. The summed E-state index contributed by atoms with van der Waals surface area (Å²) in [6.07, 6.45) is -0.388. The topological polar surface area (TPSA) is 63.6 Å². The highest BCUT2D eigenvalue weighted by molar-refractivity contribution is 5.84. The minimum Gasteiger partial charge on any atom is -0.465 e. The minimum absolute atomic E-state index is 0.0127. The number of ketones is 1. The van der Waals surface area contributed by atoms with E-state index in [4.69, 9.17) is 4.74 Å². The highest BCUT2D eigenvalue weighted by atomic mass is 16.5. The minimum atomic E-state index is -0.576. The Hall–Kier alpha value is -0.900. The fourth-order valence-electron chi connectivity index (χ4n) is 1.56. The first-order valence-corrected chi connectivity index (χ1v) is 4.36. The molecule has 1 aliphatic rings. The highest BCUT2D eigenvalue weighted by Crippen LogP contribution is 2.28. The summed E-state index contributed by atoms with van der Waals surface area (Å²) in [4.78, 5) is 21.8. The van der Waals surface area contributed by atoms with Crippen molar-refractivity contribution in [3.05, 3.63) is 0 Å². The van der Waals surface area contributed by atoms with Gasteiger partial charge in [-0.3, -0.25) is 9.59 Å². The molecule has 1 rings (SSSR count). The van der Waals surface area contributed by atoms with Crippen LogP contribution in [0.3, 0.4) is 0 Å². The molecule has 0 aromatic heterocycles. The van der Waals surface area contributed by atoms with Crippen LogP contribution in [0.2, 0.25) is 0 Å². The molecule has 0 radical (unpaired) electrons. The third kappa shape index (κ3) is 2.28. The quantitative estimate of drug-likeness (QED) is 0.623.